The minimum absolute atomic E-state index is 0.0919. The molecule has 2 N–H and O–H groups in total. The molecule has 0 spiro atoms. The second-order valence-electron chi connectivity index (χ2n) is 5.32. The molecule has 9 nitrogen and oxygen atoms in total. The Balaban J connectivity index is 1.69. The summed E-state index contributed by atoms with van der Waals surface area (Å²) in [5.41, 5.74) is 0.154. The first-order chi connectivity index (χ1) is 13.0. The molecule has 0 saturated carbocycles. The van der Waals surface area contributed by atoms with E-state index >= 15 is 0 Å². The Labute approximate surface area is 156 Å². The highest BCUT2D eigenvalue weighted by Gasteiger charge is 2.14. The Morgan fingerprint density at radius 2 is 1.93 bits per heavy atom. The number of rotatable bonds is 5. The van der Waals surface area contributed by atoms with Crippen molar-refractivity contribution >= 4 is 39.8 Å². The smallest absolute Gasteiger partial charge is 0.325 e. The van der Waals surface area contributed by atoms with Crippen molar-refractivity contribution < 1.29 is 19.1 Å². The lowest BCUT2D eigenvalue weighted by atomic mass is 10.2. The number of hydrogen-bond acceptors (Lipinski definition) is 7. The number of thiazole rings is 1. The van der Waals surface area contributed by atoms with E-state index in [2.05, 4.69) is 20.4 Å². The van der Waals surface area contributed by atoms with E-state index in [1.807, 2.05) is 0 Å². The van der Waals surface area contributed by atoms with Gasteiger partial charge in [0.2, 0.25) is 0 Å². The van der Waals surface area contributed by atoms with Gasteiger partial charge in [-0.25, -0.2) is 4.98 Å². The quantitative estimate of drug-likeness (QED) is 0.629. The van der Waals surface area contributed by atoms with Crippen LogP contribution in [0.15, 0.2) is 46.8 Å². The van der Waals surface area contributed by atoms with Crippen LogP contribution in [-0.4, -0.2) is 40.8 Å². The monoisotopic (exact) mass is 386 g/mol. The number of esters is 1. The lowest BCUT2D eigenvalue weighted by Crippen LogP contribution is -2.30. The number of nitrogens with one attached hydrogen (secondary N) is 2. The largest absolute Gasteiger partial charge is 0.468 e. The van der Waals surface area contributed by atoms with Crippen LogP contribution in [0.25, 0.3) is 4.96 Å². The first-order valence-corrected chi connectivity index (χ1v) is 8.59. The molecule has 0 unspecified atom stereocenters. The van der Waals surface area contributed by atoms with Gasteiger partial charge in [0.05, 0.1) is 7.11 Å². The second kappa shape index (κ2) is 7.79. The highest BCUT2D eigenvalue weighted by atomic mass is 32.1. The van der Waals surface area contributed by atoms with E-state index in [4.69, 9.17) is 0 Å². The number of hydrogen-bond donors (Lipinski definition) is 2. The molecule has 3 aromatic rings. The summed E-state index contributed by atoms with van der Waals surface area (Å²) in [4.78, 5) is 52.1. The Kier molecular flexibility index (Phi) is 5.27. The minimum Gasteiger partial charge on any atom is -0.468 e. The summed E-state index contributed by atoms with van der Waals surface area (Å²) in [5, 5.41) is 6.70. The summed E-state index contributed by atoms with van der Waals surface area (Å²) in [6.07, 6.45) is 2.78. The van der Waals surface area contributed by atoms with Gasteiger partial charge in [-0.3, -0.25) is 23.6 Å². The molecule has 3 rings (SSSR count). The van der Waals surface area contributed by atoms with Crippen LogP contribution < -0.4 is 16.2 Å². The Morgan fingerprint density at radius 3 is 2.63 bits per heavy atom. The Morgan fingerprint density at radius 1 is 1.19 bits per heavy atom. The van der Waals surface area contributed by atoms with Gasteiger partial charge < -0.3 is 15.4 Å². The number of anilines is 1. The normalized spacial score (nSPS) is 10.4. The van der Waals surface area contributed by atoms with Gasteiger partial charge in [-0.1, -0.05) is 0 Å². The van der Waals surface area contributed by atoms with Gasteiger partial charge in [-0.15, -0.1) is 11.3 Å². The summed E-state index contributed by atoms with van der Waals surface area (Å²) in [5.74, 6) is -1.62. The molecule has 10 heteroatoms. The lowest BCUT2D eigenvalue weighted by Gasteiger charge is -2.07. The van der Waals surface area contributed by atoms with Crippen molar-refractivity contribution in [1.29, 1.82) is 0 Å². The topological polar surface area (TPSA) is 119 Å². The highest BCUT2D eigenvalue weighted by Crippen LogP contribution is 2.11. The van der Waals surface area contributed by atoms with E-state index in [0.29, 0.717) is 16.2 Å². The molecule has 0 bridgehead atoms. The zero-order chi connectivity index (χ0) is 19.4. The number of carbonyl (C=O) groups excluding carboxylic acids is 3. The maximum absolute atomic E-state index is 12.3. The van der Waals surface area contributed by atoms with E-state index in [9.17, 15) is 19.2 Å². The number of ether oxygens (including phenoxy) is 1. The Bertz CT molecular complexity index is 1070. The number of aromatic nitrogens is 2. The molecular weight excluding hydrogens is 372 g/mol. The van der Waals surface area contributed by atoms with Gasteiger partial charge in [0.15, 0.2) is 4.96 Å². The maximum atomic E-state index is 12.3. The highest BCUT2D eigenvalue weighted by molar-refractivity contribution is 7.15. The van der Waals surface area contributed by atoms with E-state index < -0.39 is 23.3 Å². The van der Waals surface area contributed by atoms with Crippen LogP contribution >= 0.6 is 11.3 Å². The fraction of sp³-hybridized carbons (Fsp3) is 0.118. The summed E-state index contributed by atoms with van der Waals surface area (Å²) in [6, 6.07) is 5.99. The molecule has 1 aromatic carbocycles. The van der Waals surface area contributed by atoms with Crippen LogP contribution in [0.3, 0.4) is 0 Å². The van der Waals surface area contributed by atoms with Crippen LogP contribution in [-0.2, 0) is 9.53 Å². The first kappa shape index (κ1) is 18.3. The number of nitrogens with zero attached hydrogens (tertiary/aromatic N) is 2. The van der Waals surface area contributed by atoms with Crippen molar-refractivity contribution in [2.75, 3.05) is 19.0 Å². The summed E-state index contributed by atoms with van der Waals surface area (Å²) < 4.78 is 5.74. The number of carbonyl (C=O) groups is 3. The lowest BCUT2D eigenvalue weighted by molar-refractivity contribution is -0.139. The average molecular weight is 386 g/mol. The van der Waals surface area contributed by atoms with Gasteiger partial charge in [-0.2, -0.15) is 0 Å². The van der Waals surface area contributed by atoms with E-state index in [1.165, 1.54) is 53.3 Å². The molecule has 0 fully saturated rings. The number of amides is 2. The third-order valence-electron chi connectivity index (χ3n) is 3.61. The fourth-order valence-corrected chi connectivity index (χ4v) is 2.89. The van der Waals surface area contributed by atoms with Crippen molar-refractivity contribution in [3.8, 4) is 0 Å². The number of fused-ring (bicyclic) bond motifs is 1. The van der Waals surface area contributed by atoms with Gasteiger partial charge in [0, 0.05) is 29.0 Å². The zero-order valence-electron chi connectivity index (χ0n) is 14.1. The van der Waals surface area contributed by atoms with E-state index in [1.54, 1.807) is 11.6 Å². The predicted molar refractivity (Wildman–Crippen MR) is 98.1 cm³/mol. The van der Waals surface area contributed by atoms with Gasteiger partial charge in [0.1, 0.15) is 12.1 Å². The third kappa shape index (κ3) is 4.01. The molecule has 138 valence electrons. The zero-order valence-corrected chi connectivity index (χ0v) is 14.9. The van der Waals surface area contributed by atoms with Crippen LogP contribution in [0.5, 0.6) is 0 Å². The fourth-order valence-electron chi connectivity index (χ4n) is 2.21. The van der Waals surface area contributed by atoms with Crippen molar-refractivity contribution in [1.82, 2.24) is 14.7 Å². The summed E-state index contributed by atoms with van der Waals surface area (Å²) >= 11 is 1.29. The van der Waals surface area contributed by atoms with E-state index in [0.717, 1.165) is 0 Å². The summed E-state index contributed by atoms with van der Waals surface area (Å²) in [6.45, 7) is -0.240. The van der Waals surface area contributed by atoms with Crippen LogP contribution in [0, 0.1) is 0 Å². The average Bonchev–Trinajstić information content (AvgIpc) is 3.16. The Hall–Kier alpha value is -3.53. The first-order valence-electron chi connectivity index (χ1n) is 7.71. The predicted octanol–water partition coefficient (Wildman–Crippen LogP) is 0.911. The third-order valence-corrected chi connectivity index (χ3v) is 4.38. The van der Waals surface area contributed by atoms with Crippen molar-refractivity contribution in [2.24, 2.45) is 0 Å². The molecule has 0 aliphatic rings. The molecule has 2 heterocycles. The molecule has 0 radical (unpaired) electrons. The van der Waals surface area contributed by atoms with Crippen molar-refractivity contribution in [2.45, 2.75) is 0 Å². The molecule has 0 saturated heterocycles. The van der Waals surface area contributed by atoms with Crippen molar-refractivity contribution in [3.05, 3.63) is 63.5 Å². The second-order valence-corrected chi connectivity index (χ2v) is 6.20. The molecule has 0 atom stereocenters. The SMILES string of the molecule is COC(=O)CNC(=O)c1ccc(NC(=O)c2cnc3sccn3c2=O)cc1. The van der Waals surface area contributed by atoms with Gasteiger partial charge >= 0.3 is 5.97 Å². The number of benzene rings is 1. The molecule has 0 aliphatic carbocycles. The van der Waals surface area contributed by atoms with Gasteiger partial charge in [-0.05, 0) is 24.3 Å². The maximum Gasteiger partial charge on any atom is 0.325 e. The molecule has 27 heavy (non-hydrogen) atoms. The standard InChI is InChI=1S/C17H14N4O5S/c1-26-13(22)9-18-14(23)10-2-4-11(5-3-10)20-15(24)12-8-19-17-21(16(12)25)6-7-27-17/h2-8H,9H2,1H3,(H,18,23)(H,20,24). The number of methoxy groups -OCH3 is 1. The van der Waals surface area contributed by atoms with Crippen LogP contribution in [0.1, 0.15) is 20.7 Å². The van der Waals surface area contributed by atoms with Crippen LogP contribution in [0.2, 0.25) is 0 Å². The van der Waals surface area contributed by atoms with Gasteiger partial charge in [0.25, 0.3) is 17.4 Å². The van der Waals surface area contributed by atoms with Crippen molar-refractivity contribution in [3.63, 3.8) is 0 Å². The van der Waals surface area contributed by atoms with E-state index in [-0.39, 0.29) is 12.1 Å². The minimum atomic E-state index is -0.601. The molecular formula is C17H14N4O5S. The molecule has 0 aliphatic heterocycles. The molecule has 2 amide bonds. The van der Waals surface area contributed by atoms with Crippen LogP contribution in [0.4, 0.5) is 5.69 Å². The summed E-state index contributed by atoms with van der Waals surface area (Å²) in [7, 11) is 1.23. The molecule has 2 aromatic heterocycles.